The molecule has 238 valence electrons. The second-order valence-corrected chi connectivity index (χ2v) is 11.1. The lowest BCUT2D eigenvalue weighted by Gasteiger charge is -2.13. The van der Waals surface area contributed by atoms with Crippen molar-refractivity contribution < 1.29 is 28.7 Å². The van der Waals surface area contributed by atoms with Crippen molar-refractivity contribution >= 4 is 58.7 Å². The molecule has 0 atom stereocenters. The van der Waals surface area contributed by atoms with Crippen molar-refractivity contribution in [3.63, 3.8) is 0 Å². The molecular weight excluding hydrogens is 618 g/mol. The average Bonchev–Trinajstić information content (AvgIpc) is 3.47. The maximum atomic E-state index is 13.5. The summed E-state index contributed by atoms with van der Waals surface area (Å²) in [7, 11) is 3.03. The SMILES string of the molecule is COc1ccc(/C=C(/NC(=O)c2ccccc2)C(=O)Nc2cccc(SCC(=O)NC3=NN(c4ccccc4)C(=O)C3)c2)cc1OC. The zero-order valence-electron chi connectivity index (χ0n) is 25.6. The van der Waals surface area contributed by atoms with E-state index in [2.05, 4.69) is 21.1 Å². The van der Waals surface area contributed by atoms with Crippen LogP contribution in [0.15, 0.2) is 119 Å². The molecule has 1 aliphatic rings. The van der Waals surface area contributed by atoms with Gasteiger partial charge in [-0.1, -0.05) is 48.5 Å². The molecule has 4 aromatic rings. The quantitative estimate of drug-likeness (QED) is 0.152. The number of hydrogen-bond acceptors (Lipinski definition) is 8. The smallest absolute Gasteiger partial charge is 0.272 e. The van der Waals surface area contributed by atoms with Gasteiger partial charge in [-0.25, -0.2) is 0 Å². The lowest BCUT2D eigenvalue weighted by molar-refractivity contribution is -0.117. The molecule has 0 spiro atoms. The Morgan fingerprint density at radius 1 is 0.851 bits per heavy atom. The summed E-state index contributed by atoms with van der Waals surface area (Å²) in [5, 5.41) is 13.8. The summed E-state index contributed by atoms with van der Waals surface area (Å²) in [5.41, 5.74) is 2.06. The van der Waals surface area contributed by atoms with Crippen LogP contribution in [0.5, 0.6) is 11.5 Å². The van der Waals surface area contributed by atoms with Gasteiger partial charge in [0.2, 0.25) is 5.91 Å². The van der Waals surface area contributed by atoms with Crippen molar-refractivity contribution in [2.24, 2.45) is 5.10 Å². The number of benzene rings is 4. The van der Waals surface area contributed by atoms with Gasteiger partial charge in [-0.3, -0.25) is 19.2 Å². The van der Waals surface area contributed by atoms with Crippen LogP contribution >= 0.6 is 11.8 Å². The van der Waals surface area contributed by atoms with Crippen LogP contribution in [-0.4, -0.2) is 49.4 Å². The van der Waals surface area contributed by atoms with E-state index >= 15 is 0 Å². The predicted octanol–water partition coefficient (Wildman–Crippen LogP) is 5.07. The summed E-state index contributed by atoms with van der Waals surface area (Å²) in [5.74, 6) is -0.268. The molecule has 3 N–H and O–H groups in total. The number of carbonyl (C=O) groups is 4. The highest BCUT2D eigenvalue weighted by Crippen LogP contribution is 2.29. The Morgan fingerprint density at radius 3 is 2.30 bits per heavy atom. The van der Waals surface area contributed by atoms with Crippen molar-refractivity contribution in [3.8, 4) is 11.5 Å². The van der Waals surface area contributed by atoms with E-state index in [1.54, 1.807) is 97.1 Å². The Morgan fingerprint density at radius 2 is 1.57 bits per heavy atom. The first-order chi connectivity index (χ1) is 22.8. The molecule has 0 aliphatic carbocycles. The Balaban J connectivity index is 1.25. The van der Waals surface area contributed by atoms with Crippen molar-refractivity contribution in [2.75, 3.05) is 30.3 Å². The molecule has 1 aliphatic heterocycles. The highest BCUT2D eigenvalue weighted by Gasteiger charge is 2.26. The molecule has 0 bridgehead atoms. The van der Waals surface area contributed by atoms with Crippen LogP contribution in [0.1, 0.15) is 22.3 Å². The van der Waals surface area contributed by atoms with Crippen LogP contribution in [0.25, 0.3) is 6.08 Å². The number of methoxy groups -OCH3 is 2. The van der Waals surface area contributed by atoms with Gasteiger partial charge in [0.15, 0.2) is 11.5 Å². The Bertz CT molecular complexity index is 1850. The molecule has 4 amide bonds. The third kappa shape index (κ3) is 8.65. The zero-order chi connectivity index (χ0) is 33.2. The number of hydrogen-bond donors (Lipinski definition) is 3. The minimum Gasteiger partial charge on any atom is -0.493 e. The number of amides is 4. The number of carbonyl (C=O) groups excluding carboxylic acids is 4. The van der Waals surface area contributed by atoms with Gasteiger partial charge in [-0.05, 0) is 66.2 Å². The van der Waals surface area contributed by atoms with Crippen molar-refractivity contribution in [1.82, 2.24) is 10.6 Å². The number of hydrazone groups is 1. The van der Waals surface area contributed by atoms with E-state index in [0.29, 0.717) is 38.9 Å². The van der Waals surface area contributed by atoms with Crippen molar-refractivity contribution in [3.05, 3.63) is 120 Å². The molecule has 47 heavy (non-hydrogen) atoms. The van der Waals surface area contributed by atoms with Crippen LogP contribution < -0.4 is 30.4 Å². The lowest BCUT2D eigenvalue weighted by Crippen LogP contribution is -2.31. The van der Waals surface area contributed by atoms with Gasteiger partial charge in [0, 0.05) is 16.1 Å². The summed E-state index contributed by atoms with van der Waals surface area (Å²) < 4.78 is 10.7. The third-order valence-electron chi connectivity index (χ3n) is 6.77. The van der Waals surface area contributed by atoms with E-state index in [1.807, 2.05) is 6.07 Å². The van der Waals surface area contributed by atoms with Gasteiger partial charge in [0.05, 0.1) is 32.1 Å². The predicted molar refractivity (Wildman–Crippen MR) is 181 cm³/mol. The first-order valence-electron chi connectivity index (χ1n) is 14.4. The number of amidine groups is 1. The van der Waals surface area contributed by atoms with Crippen LogP contribution in [0.3, 0.4) is 0 Å². The fourth-order valence-corrected chi connectivity index (χ4v) is 5.28. The van der Waals surface area contributed by atoms with Crippen LogP contribution in [0.2, 0.25) is 0 Å². The molecule has 5 rings (SSSR count). The molecule has 0 unspecified atom stereocenters. The van der Waals surface area contributed by atoms with Crippen LogP contribution in [0, 0.1) is 0 Å². The lowest BCUT2D eigenvalue weighted by atomic mass is 10.1. The summed E-state index contributed by atoms with van der Waals surface area (Å²) in [4.78, 5) is 52.3. The Kier molecular flexibility index (Phi) is 10.7. The van der Waals surface area contributed by atoms with Crippen molar-refractivity contribution in [2.45, 2.75) is 11.3 Å². The summed E-state index contributed by atoms with van der Waals surface area (Å²) >= 11 is 1.25. The number of nitrogens with one attached hydrogen (secondary N) is 3. The molecule has 11 nitrogen and oxygen atoms in total. The number of anilines is 2. The van der Waals surface area contributed by atoms with Gasteiger partial charge in [0.1, 0.15) is 11.5 Å². The number of nitrogens with zero attached hydrogens (tertiary/aromatic N) is 2. The molecule has 1 heterocycles. The molecular formula is C35H31N5O6S. The molecule has 0 fully saturated rings. The molecule has 4 aromatic carbocycles. The first kappa shape index (κ1) is 32.5. The second-order valence-electron chi connectivity index (χ2n) is 10.1. The molecule has 0 saturated heterocycles. The average molecular weight is 650 g/mol. The fourth-order valence-electron chi connectivity index (χ4n) is 4.53. The van der Waals surface area contributed by atoms with E-state index in [1.165, 1.54) is 37.1 Å². The number of ether oxygens (including phenoxy) is 2. The highest BCUT2D eigenvalue weighted by molar-refractivity contribution is 8.00. The van der Waals surface area contributed by atoms with Gasteiger partial charge in [-0.15, -0.1) is 11.8 Å². The standard InChI is InChI=1S/C35H31N5O6S/c1-45-29-17-16-23(19-30(29)46-2)18-28(37-34(43)24-10-5-3-6-11-24)35(44)36-25-12-9-15-27(20-25)47-22-32(41)38-31-21-33(42)40(39-31)26-13-7-4-8-14-26/h3-20H,21-22H2,1-2H3,(H,36,44)(H,37,43)(H,38,39,41)/b28-18+. The molecule has 12 heteroatoms. The maximum absolute atomic E-state index is 13.5. The number of para-hydroxylation sites is 1. The normalized spacial score (nSPS) is 12.6. The topological polar surface area (TPSA) is 138 Å². The number of thioether (sulfide) groups is 1. The second kappa shape index (κ2) is 15.4. The third-order valence-corrected chi connectivity index (χ3v) is 7.76. The Hall–Kier alpha value is -5.88. The first-order valence-corrected chi connectivity index (χ1v) is 15.4. The maximum Gasteiger partial charge on any atom is 0.272 e. The summed E-state index contributed by atoms with van der Waals surface area (Å²) in [6.07, 6.45) is 1.53. The summed E-state index contributed by atoms with van der Waals surface area (Å²) in [6.45, 7) is 0. The largest absolute Gasteiger partial charge is 0.493 e. The molecule has 0 aromatic heterocycles. The number of rotatable bonds is 11. The van der Waals surface area contributed by atoms with E-state index in [4.69, 9.17) is 9.47 Å². The van der Waals surface area contributed by atoms with E-state index in [-0.39, 0.29) is 35.5 Å². The monoisotopic (exact) mass is 649 g/mol. The van der Waals surface area contributed by atoms with Gasteiger partial charge in [-0.2, -0.15) is 10.1 Å². The van der Waals surface area contributed by atoms with Gasteiger partial charge >= 0.3 is 0 Å². The van der Waals surface area contributed by atoms with Crippen molar-refractivity contribution in [1.29, 1.82) is 0 Å². The molecule has 0 radical (unpaired) electrons. The van der Waals surface area contributed by atoms with Crippen LogP contribution in [0.4, 0.5) is 11.4 Å². The zero-order valence-corrected chi connectivity index (χ0v) is 26.4. The molecule has 0 saturated carbocycles. The van der Waals surface area contributed by atoms with Gasteiger partial charge < -0.3 is 25.4 Å². The van der Waals surface area contributed by atoms with E-state index in [0.717, 1.165) is 0 Å². The Labute approximate surface area is 275 Å². The highest BCUT2D eigenvalue weighted by atomic mass is 32.2. The fraction of sp³-hybridized carbons (Fsp3) is 0.114. The van der Waals surface area contributed by atoms with E-state index < -0.39 is 11.8 Å². The van der Waals surface area contributed by atoms with Crippen LogP contribution in [-0.2, 0) is 14.4 Å². The summed E-state index contributed by atoms with van der Waals surface area (Å²) in [6, 6.07) is 29.6. The minimum absolute atomic E-state index is 0.0000565. The van der Waals surface area contributed by atoms with Gasteiger partial charge in [0.25, 0.3) is 17.7 Å². The van der Waals surface area contributed by atoms with E-state index in [9.17, 15) is 19.2 Å². The minimum atomic E-state index is -0.559.